The molecule has 1 heterocycles. The standard InChI is InChI=1S/C15H18N2O3/c1-3-12(15(19)20)16-14(18)9-17-10(2)8-11-6-4-5-7-13(11)17/h4-8,12H,3,9H2,1-2H3,(H,16,18)(H,19,20). The van der Waals surface area contributed by atoms with E-state index in [1.165, 1.54) is 0 Å². The van der Waals surface area contributed by atoms with E-state index in [4.69, 9.17) is 5.11 Å². The minimum absolute atomic E-state index is 0.128. The lowest BCUT2D eigenvalue weighted by Gasteiger charge is -2.14. The van der Waals surface area contributed by atoms with Gasteiger partial charge >= 0.3 is 5.97 Å². The molecule has 0 spiro atoms. The number of aliphatic carboxylic acids is 1. The van der Waals surface area contributed by atoms with Gasteiger partial charge in [-0.2, -0.15) is 0 Å². The van der Waals surface area contributed by atoms with Crippen molar-refractivity contribution in [1.29, 1.82) is 0 Å². The number of benzene rings is 1. The van der Waals surface area contributed by atoms with E-state index < -0.39 is 12.0 Å². The summed E-state index contributed by atoms with van der Waals surface area (Å²) in [6, 6.07) is 8.99. The number of aryl methyl sites for hydroxylation is 1. The molecular formula is C15H18N2O3. The molecule has 20 heavy (non-hydrogen) atoms. The van der Waals surface area contributed by atoms with Crippen LogP contribution in [0.4, 0.5) is 0 Å². The van der Waals surface area contributed by atoms with E-state index in [0.717, 1.165) is 16.6 Å². The molecule has 0 bridgehead atoms. The van der Waals surface area contributed by atoms with Crippen molar-refractivity contribution < 1.29 is 14.7 Å². The second-order valence-electron chi connectivity index (χ2n) is 4.80. The maximum atomic E-state index is 12.0. The largest absolute Gasteiger partial charge is 0.480 e. The first-order valence-electron chi connectivity index (χ1n) is 6.60. The van der Waals surface area contributed by atoms with Crippen LogP contribution in [0.15, 0.2) is 30.3 Å². The minimum Gasteiger partial charge on any atom is -0.480 e. The average Bonchev–Trinajstić information content (AvgIpc) is 2.72. The summed E-state index contributed by atoms with van der Waals surface area (Å²) in [5, 5.41) is 12.6. The third-order valence-corrected chi connectivity index (χ3v) is 3.36. The van der Waals surface area contributed by atoms with Crippen LogP contribution in [0.3, 0.4) is 0 Å². The number of carbonyl (C=O) groups excluding carboxylic acids is 1. The number of hydrogen-bond donors (Lipinski definition) is 2. The second-order valence-corrected chi connectivity index (χ2v) is 4.80. The van der Waals surface area contributed by atoms with Gasteiger partial charge in [-0.05, 0) is 30.9 Å². The SMILES string of the molecule is CCC(NC(=O)Cn1c(C)cc2ccccc21)C(=O)O. The molecule has 2 aromatic rings. The summed E-state index contributed by atoms with van der Waals surface area (Å²) in [7, 11) is 0. The summed E-state index contributed by atoms with van der Waals surface area (Å²) in [5.74, 6) is -1.29. The second kappa shape index (κ2) is 5.77. The first-order valence-corrected chi connectivity index (χ1v) is 6.60. The molecule has 0 radical (unpaired) electrons. The molecule has 5 nitrogen and oxygen atoms in total. The highest BCUT2D eigenvalue weighted by Crippen LogP contribution is 2.18. The number of fused-ring (bicyclic) bond motifs is 1. The van der Waals surface area contributed by atoms with Crippen LogP contribution in [0.2, 0.25) is 0 Å². The van der Waals surface area contributed by atoms with Crippen molar-refractivity contribution in [2.45, 2.75) is 32.9 Å². The van der Waals surface area contributed by atoms with E-state index in [0.29, 0.717) is 6.42 Å². The molecular weight excluding hydrogens is 256 g/mol. The van der Waals surface area contributed by atoms with Crippen molar-refractivity contribution in [2.75, 3.05) is 0 Å². The van der Waals surface area contributed by atoms with Gasteiger partial charge in [0.1, 0.15) is 12.6 Å². The van der Waals surface area contributed by atoms with E-state index in [-0.39, 0.29) is 12.5 Å². The number of nitrogens with one attached hydrogen (secondary N) is 1. The van der Waals surface area contributed by atoms with Gasteiger partial charge in [0.05, 0.1) is 0 Å². The number of nitrogens with zero attached hydrogens (tertiary/aromatic N) is 1. The van der Waals surface area contributed by atoms with Crippen LogP contribution >= 0.6 is 0 Å². The molecule has 5 heteroatoms. The van der Waals surface area contributed by atoms with E-state index in [1.54, 1.807) is 6.92 Å². The van der Waals surface area contributed by atoms with E-state index in [9.17, 15) is 9.59 Å². The summed E-state index contributed by atoms with van der Waals surface area (Å²) < 4.78 is 1.89. The lowest BCUT2D eigenvalue weighted by atomic mass is 10.2. The van der Waals surface area contributed by atoms with E-state index in [2.05, 4.69) is 5.32 Å². The first-order chi connectivity index (χ1) is 9.52. The molecule has 0 saturated heterocycles. The van der Waals surface area contributed by atoms with Crippen LogP contribution in [0, 0.1) is 6.92 Å². The molecule has 0 aliphatic rings. The highest BCUT2D eigenvalue weighted by atomic mass is 16.4. The smallest absolute Gasteiger partial charge is 0.326 e. The molecule has 1 amide bonds. The highest BCUT2D eigenvalue weighted by molar-refractivity contribution is 5.86. The van der Waals surface area contributed by atoms with Gasteiger partial charge in [-0.3, -0.25) is 4.79 Å². The van der Waals surface area contributed by atoms with Crippen LogP contribution in [-0.2, 0) is 16.1 Å². The fraction of sp³-hybridized carbons (Fsp3) is 0.333. The molecule has 0 saturated carbocycles. The van der Waals surface area contributed by atoms with Gasteiger partial charge in [0.15, 0.2) is 0 Å². The fourth-order valence-corrected chi connectivity index (χ4v) is 2.28. The molecule has 1 aromatic carbocycles. The summed E-state index contributed by atoms with van der Waals surface area (Å²) in [6.07, 6.45) is 0.368. The zero-order valence-electron chi connectivity index (χ0n) is 11.6. The molecule has 1 aromatic heterocycles. The van der Waals surface area contributed by atoms with Gasteiger partial charge in [-0.1, -0.05) is 25.1 Å². The van der Waals surface area contributed by atoms with Crippen molar-refractivity contribution in [3.63, 3.8) is 0 Å². The Morgan fingerprint density at radius 2 is 2.05 bits per heavy atom. The minimum atomic E-state index is -1.00. The van der Waals surface area contributed by atoms with Gasteiger partial charge in [0.25, 0.3) is 0 Å². The van der Waals surface area contributed by atoms with E-state index in [1.807, 2.05) is 41.8 Å². The lowest BCUT2D eigenvalue weighted by molar-refractivity contribution is -0.142. The molecule has 0 fully saturated rings. The van der Waals surface area contributed by atoms with Crippen molar-refractivity contribution in [2.24, 2.45) is 0 Å². The van der Waals surface area contributed by atoms with Crippen LogP contribution in [0.1, 0.15) is 19.0 Å². The van der Waals surface area contributed by atoms with Crippen LogP contribution in [-0.4, -0.2) is 27.6 Å². The number of carboxylic acids is 1. The molecule has 0 aliphatic carbocycles. The summed E-state index contributed by atoms with van der Waals surface area (Å²) in [6.45, 7) is 3.79. The Labute approximate surface area is 117 Å². The van der Waals surface area contributed by atoms with Crippen LogP contribution in [0.5, 0.6) is 0 Å². The zero-order chi connectivity index (χ0) is 14.7. The Bertz CT molecular complexity index is 646. The Balaban J connectivity index is 2.18. The molecule has 0 aliphatic heterocycles. The predicted molar refractivity (Wildman–Crippen MR) is 76.5 cm³/mol. The molecule has 1 atom stereocenters. The lowest BCUT2D eigenvalue weighted by Crippen LogP contribution is -2.41. The summed E-state index contributed by atoms with van der Waals surface area (Å²) in [4.78, 5) is 22.9. The Kier molecular flexibility index (Phi) is 4.08. The Morgan fingerprint density at radius 3 is 2.70 bits per heavy atom. The predicted octanol–water partition coefficient (Wildman–Crippen LogP) is 1.93. The molecule has 2 N–H and O–H groups in total. The average molecular weight is 274 g/mol. The topological polar surface area (TPSA) is 71.3 Å². The summed E-state index contributed by atoms with van der Waals surface area (Å²) >= 11 is 0. The Morgan fingerprint density at radius 1 is 1.35 bits per heavy atom. The van der Waals surface area contributed by atoms with Crippen molar-refractivity contribution in [3.8, 4) is 0 Å². The maximum absolute atomic E-state index is 12.0. The number of rotatable bonds is 5. The van der Waals surface area contributed by atoms with E-state index >= 15 is 0 Å². The number of hydrogen-bond acceptors (Lipinski definition) is 2. The number of amides is 1. The number of para-hydroxylation sites is 1. The number of carboxylic acid groups (broad SMARTS) is 1. The van der Waals surface area contributed by atoms with Crippen molar-refractivity contribution in [1.82, 2.24) is 9.88 Å². The third-order valence-electron chi connectivity index (χ3n) is 3.36. The third kappa shape index (κ3) is 2.82. The van der Waals surface area contributed by atoms with Gasteiger partial charge in [0.2, 0.25) is 5.91 Å². The monoisotopic (exact) mass is 274 g/mol. The first kappa shape index (κ1) is 14.1. The normalized spacial score (nSPS) is 12.3. The van der Waals surface area contributed by atoms with Crippen molar-refractivity contribution >= 4 is 22.8 Å². The van der Waals surface area contributed by atoms with Gasteiger partial charge < -0.3 is 15.0 Å². The molecule has 2 rings (SSSR count). The van der Waals surface area contributed by atoms with Gasteiger partial charge in [0, 0.05) is 11.2 Å². The van der Waals surface area contributed by atoms with Gasteiger partial charge in [-0.15, -0.1) is 0 Å². The van der Waals surface area contributed by atoms with Crippen LogP contribution in [0.25, 0.3) is 10.9 Å². The van der Waals surface area contributed by atoms with Crippen molar-refractivity contribution in [3.05, 3.63) is 36.0 Å². The quantitative estimate of drug-likeness (QED) is 0.875. The van der Waals surface area contributed by atoms with Crippen LogP contribution < -0.4 is 5.32 Å². The maximum Gasteiger partial charge on any atom is 0.326 e. The Hall–Kier alpha value is -2.30. The molecule has 1 unspecified atom stereocenters. The highest BCUT2D eigenvalue weighted by Gasteiger charge is 2.18. The van der Waals surface area contributed by atoms with Gasteiger partial charge in [-0.25, -0.2) is 4.79 Å². The zero-order valence-corrected chi connectivity index (χ0v) is 11.6. The fourth-order valence-electron chi connectivity index (χ4n) is 2.28. The molecule has 106 valence electrons. The number of carbonyl (C=O) groups is 2. The summed E-state index contributed by atoms with van der Waals surface area (Å²) in [5.41, 5.74) is 1.95. The number of aromatic nitrogens is 1.